The minimum Gasteiger partial charge on any atom is -0.246 e. The average Bonchev–Trinajstić information content (AvgIpc) is 3.02. The molecule has 45 heavy (non-hydrogen) atoms. The first-order chi connectivity index (χ1) is 22.3. The third-order valence-corrected chi connectivity index (χ3v) is 12.8. The molecule has 6 saturated carbocycles. The Kier molecular flexibility index (Phi) is 22.8. The van der Waals surface area contributed by atoms with E-state index in [1.165, 1.54) is 212 Å². The molecule has 0 bridgehead atoms. The van der Waals surface area contributed by atoms with Crippen LogP contribution in [0, 0.1) is 40.9 Å². The number of hydrogen-bond acceptors (Lipinski definition) is 1. The normalized spacial score (nSPS) is 32.6. The van der Waals surface area contributed by atoms with E-state index in [-0.39, 0.29) is 5.92 Å². The van der Waals surface area contributed by atoms with Crippen LogP contribution in [0.3, 0.4) is 0 Å². The molecule has 6 rings (SSSR count). The molecule has 0 aromatic heterocycles. The molecule has 0 spiro atoms. The van der Waals surface area contributed by atoms with Gasteiger partial charge in [0.15, 0.2) is 0 Å². The van der Waals surface area contributed by atoms with E-state index in [1.54, 1.807) is 0 Å². The van der Waals surface area contributed by atoms with Crippen LogP contribution in [0.15, 0.2) is 0 Å². The lowest BCUT2D eigenvalue weighted by Gasteiger charge is -2.40. The zero-order chi connectivity index (χ0) is 31.6. The first-order valence-electron chi connectivity index (χ1n) is 21.3. The molecule has 0 amide bonds. The Balaban J connectivity index is 0.000000189. The minimum atomic E-state index is -0.857. The summed E-state index contributed by atoms with van der Waals surface area (Å²) in [5, 5.41) is 8.95. The van der Waals surface area contributed by atoms with Gasteiger partial charge in [0.25, 0.3) is 0 Å². The van der Waals surface area contributed by atoms with Gasteiger partial charge in [0.05, 0.1) is 12.0 Å². The fraction of sp³-hybridized carbons (Fsp3) is 0.977. The van der Waals surface area contributed by atoms with Gasteiger partial charge in [-0.1, -0.05) is 186 Å². The molecule has 6 fully saturated rings. The van der Waals surface area contributed by atoms with Crippen molar-refractivity contribution in [3.8, 4) is 6.07 Å². The van der Waals surface area contributed by atoms with Gasteiger partial charge < -0.3 is 0 Å². The molecule has 0 saturated heterocycles. The van der Waals surface area contributed by atoms with Crippen molar-refractivity contribution in [2.75, 3.05) is 0 Å². The number of rotatable bonds is 2. The number of nitrogens with zero attached hydrogens (tertiary/aromatic N) is 1. The van der Waals surface area contributed by atoms with Crippen LogP contribution in [-0.2, 0) is 0 Å². The van der Waals surface area contributed by atoms with Crippen LogP contribution in [0.2, 0.25) is 0 Å². The van der Waals surface area contributed by atoms with Crippen molar-refractivity contribution in [2.24, 2.45) is 29.6 Å². The SMILES string of the molecule is C1CCCCCCC1.C1CCCCCCC1.C1CCCCCCC1.N#CC1CCC(C2CCC(C3CCCCC3)CC2)CC1F. The summed E-state index contributed by atoms with van der Waals surface area (Å²) in [7, 11) is 0. The molecular formula is C43H78FN. The largest absolute Gasteiger partial charge is 0.246 e. The summed E-state index contributed by atoms with van der Waals surface area (Å²) >= 11 is 0. The summed E-state index contributed by atoms with van der Waals surface area (Å²) in [6.07, 6.45) is 50.4. The third kappa shape index (κ3) is 18.0. The molecule has 6 aliphatic carbocycles. The smallest absolute Gasteiger partial charge is 0.116 e. The molecule has 0 radical (unpaired) electrons. The summed E-state index contributed by atoms with van der Waals surface area (Å²) in [4.78, 5) is 0. The van der Waals surface area contributed by atoms with Crippen LogP contribution in [0.4, 0.5) is 4.39 Å². The molecule has 0 aliphatic heterocycles. The third-order valence-electron chi connectivity index (χ3n) is 12.8. The Hall–Kier alpha value is -0.580. The quantitative estimate of drug-likeness (QED) is 0.299. The maximum absolute atomic E-state index is 14.0. The molecular weight excluding hydrogens is 549 g/mol. The lowest BCUT2D eigenvalue weighted by atomic mass is 9.65. The fourth-order valence-corrected chi connectivity index (χ4v) is 9.66. The highest BCUT2D eigenvalue weighted by molar-refractivity contribution is 4.95. The monoisotopic (exact) mass is 628 g/mol. The molecule has 0 N–H and O–H groups in total. The highest BCUT2D eigenvalue weighted by Gasteiger charge is 2.37. The topological polar surface area (TPSA) is 23.8 Å². The molecule has 0 aromatic carbocycles. The van der Waals surface area contributed by atoms with E-state index in [1.807, 2.05) is 0 Å². The van der Waals surface area contributed by atoms with Gasteiger partial charge in [0, 0.05) is 0 Å². The fourth-order valence-electron chi connectivity index (χ4n) is 9.66. The first kappa shape index (κ1) is 38.9. The predicted molar refractivity (Wildman–Crippen MR) is 194 cm³/mol. The van der Waals surface area contributed by atoms with E-state index >= 15 is 0 Å². The van der Waals surface area contributed by atoms with E-state index in [9.17, 15) is 4.39 Å². The van der Waals surface area contributed by atoms with Gasteiger partial charge in [0.1, 0.15) is 6.17 Å². The van der Waals surface area contributed by atoms with E-state index in [4.69, 9.17) is 5.26 Å². The van der Waals surface area contributed by atoms with Gasteiger partial charge in [-0.15, -0.1) is 0 Å². The van der Waals surface area contributed by atoms with Crippen molar-refractivity contribution in [3.05, 3.63) is 0 Å². The van der Waals surface area contributed by atoms with Gasteiger partial charge in [0.2, 0.25) is 0 Å². The highest BCUT2D eigenvalue weighted by atomic mass is 19.1. The van der Waals surface area contributed by atoms with Crippen LogP contribution in [0.1, 0.15) is 231 Å². The second kappa shape index (κ2) is 26.4. The Morgan fingerprint density at radius 2 is 0.556 bits per heavy atom. The number of hydrogen-bond donors (Lipinski definition) is 0. The lowest BCUT2D eigenvalue weighted by Crippen LogP contribution is -2.32. The lowest BCUT2D eigenvalue weighted by molar-refractivity contribution is 0.0813. The maximum atomic E-state index is 14.0. The molecule has 0 heterocycles. The van der Waals surface area contributed by atoms with Crippen molar-refractivity contribution < 1.29 is 4.39 Å². The second-order valence-corrected chi connectivity index (χ2v) is 16.4. The van der Waals surface area contributed by atoms with Crippen molar-refractivity contribution in [3.63, 3.8) is 0 Å². The van der Waals surface area contributed by atoms with Crippen LogP contribution in [0.5, 0.6) is 0 Å². The molecule has 3 unspecified atom stereocenters. The van der Waals surface area contributed by atoms with Crippen molar-refractivity contribution in [1.29, 1.82) is 5.26 Å². The van der Waals surface area contributed by atoms with Crippen LogP contribution in [-0.4, -0.2) is 6.17 Å². The first-order valence-corrected chi connectivity index (χ1v) is 21.3. The molecule has 262 valence electrons. The number of halogens is 1. The molecule has 0 aromatic rings. The molecule has 6 aliphatic rings. The summed E-state index contributed by atoms with van der Waals surface area (Å²) in [5.41, 5.74) is 0. The van der Waals surface area contributed by atoms with E-state index in [2.05, 4.69) is 6.07 Å². The van der Waals surface area contributed by atoms with Crippen LogP contribution < -0.4 is 0 Å². The summed E-state index contributed by atoms with van der Waals surface area (Å²) in [6, 6.07) is 2.15. The van der Waals surface area contributed by atoms with Gasteiger partial charge in [-0.25, -0.2) is 4.39 Å². The summed E-state index contributed by atoms with van der Waals surface area (Å²) < 4.78 is 14.0. The number of nitriles is 1. The minimum absolute atomic E-state index is 0.320. The molecule has 2 heteroatoms. The van der Waals surface area contributed by atoms with Crippen molar-refractivity contribution in [2.45, 2.75) is 237 Å². The van der Waals surface area contributed by atoms with Gasteiger partial charge in [-0.05, 0) is 68.6 Å². The summed E-state index contributed by atoms with van der Waals surface area (Å²) in [6.45, 7) is 0. The van der Waals surface area contributed by atoms with Crippen LogP contribution >= 0.6 is 0 Å². The zero-order valence-electron chi connectivity index (χ0n) is 30.2. The Bertz CT molecular complexity index is 589. The van der Waals surface area contributed by atoms with E-state index in [0.29, 0.717) is 12.3 Å². The highest BCUT2D eigenvalue weighted by Crippen LogP contribution is 2.45. The predicted octanol–water partition coefficient (Wildman–Crippen LogP) is 15.0. The Morgan fingerprint density at radius 1 is 0.311 bits per heavy atom. The van der Waals surface area contributed by atoms with Gasteiger partial charge in [-0.2, -0.15) is 5.26 Å². The van der Waals surface area contributed by atoms with Crippen molar-refractivity contribution in [1.82, 2.24) is 0 Å². The van der Waals surface area contributed by atoms with Crippen LogP contribution in [0.25, 0.3) is 0 Å². The van der Waals surface area contributed by atoms with E-state index in [0.717, 1.165) is 30.6 Å². The Labute approximate surface area is 282 Å². The number of alkyl halides is 1. The second-order valence-electron chi connectivity index (χ2n) is 16.4. The average molecular weight is 628 g/mol. The zero-order valence-corrected chi connectivity index (χ0v) is 30.2. The van der Waals surface area contributed by atoms with Crippen molar-refractivity contribution >= 4 is 0 Å². The Morgan fingerprint density at radius 3 is 0.844 bits per heavy atom. The molecule has 1 nitrogen and oxygen atoms in total. The van der Waals surface area contributed by atoms with Gasteiger partial charge >= 0.3 is 0 Å². The maximum Gasteiger partial charge on any atom is 0.116 e. The van der Waals surface area contributed by atoms with E-state index < -0.39 is 6.17 Å². The van der Waals surface area contributed by atoms with Gasteiger partial charge in [-0.3, -0.25) is 0 Å². The summed E-state index contributed by atoms with van der Waals surface area (Å²) in [5.74, 6) is 2.97. The standard InChI is InChI=1S/C19H30FN.3C8H16/c20-19-12-17(10-11-18(19)13-21)16-8-6-15(7-9-16)14-4-2-1-3-5-14;3*1-2-4-6-8-7-5-3-1/h14-19H,1-12H2;3*1-8H2. The molecule has 3 atom stereocenters.